The number of nitrogens with one attached hydrogen (secondary N) is 2. The Morgan fingerprint density at radius 2 is 1.85 bits per heavy atom. The fourth-order valence-electron chi connectivity index (χ4n) is 4.65. The molecule has 1 aliphatic rings. The number of piperidine rings is 1. The number of fused-ring (bicyclic) bond motifs is 1. The largest absolute Gasteiger partial charge is 0.348 e. The van der Waals surface area contributed by atoms with Crippen LogP contribution in [0.25, 0.3) is 11.0 Å². The van der Waals surface area contributed by atoms with Crippen molar-refractivity contribution in [3.63, 3.8) is 0 Å². The molecule has 2 N–H and O–H groups in total. The normalized spacial score (nSPS) is 16.6. The molecule has 0 saturated carbocycles. The average Bonchev–Trinajstić information content (AvgIpc) is 3.33. The Morgan fingerprint density at radius 1 is 1.03 bits per heavy atom. The predicted octanol–water partition coefficient (Wildman–Crippen LogP) is 6.18. The number of halogens is 2. The highest BCUT2D eigenvalue weighted by molar-refractivity contribution is 6.42. The maximum absolute atomic E-state index is 12.6. The maximum atomic E-state index is 12.6. The van der Waals surface area contributed by atoms with Crippen molar-refractivity contribution >= 4 is 40.1 Å². The standard InChI is InChI=1S/C27H26Cl2N4O/c28-23-9-3-18(12-24(23)29)14-30-27(34)21-7-5-20(6-8-21)22-2-1-11-33(16-22)15-19-4-10-25-26(13-19)32-17-31-25/h3-10,12-13,17,22H,1-2,11,14-16H2,(H,30,34)(H,31,32). The first kappa shape index (κ1) is 22.9. The van der Waals surface area contributed by atoms with E-state index in [0.717, 1.165) is 36.2 Å². The van der Waals surface area contributed by atoms with Crippen molar-refractivity contribution in [1.82, 2.24) is 20.2 Å². The topological polar surface area (TPSA) is 61.0 Å². The summed E-state index contributed by atoms with van der Waals surface area (Å²) >= 11 is 12.0. The van der Waals surface area contributed by atoms with Gasteiger partial charge in [0.1, 0.15) is 0 Å². The molecule has 0 spiro atoms. The number of likely N-dealkylation sites (tertiary alicyclic amines) is 1. The number of aromatic amines is 1. The van der Waals surface area contributed by atoms with Crippen molar-refractivity contribution < 1.29 is 4.79 Å². The van der Waals surface area contributed by atoms with Gasteiger partial charge in [-0.15, -0.1) is 0 Å². The summed E-state index contributed by atoms with van der Waals surface area (Å²) in [5.41, 5.74) is 6.24. The number of H-pyrrole nitrogens is 1. The summed E-state index contributed by atoms with van der Waals surface area (Å²) in [6, 6.07) is 19.8. The first-order chi connectivity index (χ1) is 16.5. The van der Waals surface area contributed by atoms with Crippen LogP contribution in [-0.2, 0) is 13.1 Å². The molecule has 4 aromatic rings. The Bertz CT molecular complexity index is 1300. The highest BCUT2D eigenvalue weighted by atomic mass is 35.5. The molecule has 1 unspecified atom stereocenters. The van der Waals surface area contributed by atoms with Crippen LogP contribution in [0.3, 0.4) is 0 Å². The summed E-state index contributed by atoms with van der Waals surface area (Å²) < 4.78 is 0. The highest BCUT2D eigenvalue weighted by Crippen LogP contribution is 2.28. The van der Waals surface area contributed by atoms with Gasteiger partial charge in [0.25, 0.3) is 5.91 Å². The summed E-state index contributed by atoms with van der Waals surface area (Å²) in [4.78, 5) is 22.6. The van der Waals surface area contributed by atoms with Crippen LogP contribution < -0.4 is 5.32 Å². The minimum absolute atomic E-state index is 0.0999. The molecule has 0 aliphatic carbocycles. The lowest BCUT2D eigenvalue weighted by Gasteiger charge is -2.33. The number of hydrogen-bond acceptors (Lipinski definition) is 3. The SMILES string of the molecule is O=C(NCc1ccc(Cl)c(Cl)c1)c1ccc(C2CCCN(Cc3ccc4nc[nH]c4c3)C2)cc1. The van der Waals surface area contributed by atoms with Gasteiger partial charge in [0.15, 0.2) is 0 Å². The van der Waals surface area contributed by atoms with Gasteiger partial charge in [-0.25, -0.2) is 4.98 Å². The lowest BCUT2D eigenvalue weighted by molar-refractivity contribution is 0.0951. The van der Waals surface area contributed by atoms with E-state index >= 15 is 0 Å². The van der Waals surface area contributed by atoms with Crippen molar-refractivity contribution in [2.75, 3.05) is 13.1 Å². The second-order valence-electron chi connectivity index (χ2n) is 8.88. The molecule has 1 fully saturated rings. The van der Waals surface area contributed by atoms with Gasteiger partial charge in [0, 0.05) is 25.2 Å². The molecule has 2 heterocycles. The lowest BCUT2D eigenvalue weighted by atomic mass is 9.90. The van der Waals surface area contributed by atoms with Gasteiger partial charge >= 0.3 is 0 Å². The molecule has 0 bridgehead atoms. The first-order valence-corrected chi connectivity index (χ1v) is 12.3. The zero-order valence-corrected chi connectivity index (χ0v) is 20.2. The molecule has 1 aromatic heterocycles. The zero-order valence-electron chi connectivity index (χ0n) is 18.7. The van der Waals surface area contributed by atoms with Crippen LogP contribution in [0.5, 0.6) is 0 Å². The monoisotopic (exact) mass is 492 g/mol. The Morgan fingerprint density at radius 3 is 2.68 bits per heavy atom. The van der Waals surface area contributed by atoms with Crippen molar-refractivity contribution in [2.45, 2.75) is 31.8 Å². The van der Waals surface area contributed by atoms with Crippen LogP contribution >= 0.6 is 23.2 Å². The minimum atomic E-state index is -0.0999. The van der Waals surface area contributed by atoms with Gasteiger partial charge in [-0.1, -0.05) is 47.5 Å². The number of carbonyl (C=O) groups is 1. The number of carbonyl (C=O) groups excluding carboxylic acids is 1. The van der Waals surface area contributed by atoms with E-state index in [1.807, 2.05) is 18.2 Å². The highest BCUT2D eigenvalue weighted by Gasteiger charge is 2.22. The van der Waals surface area contributed by atoms with Crippen LogP contribution in [0, 0.1) is 0 Å². The molecule has 174 valence electrons. The third kappa shape index (κ3) is 5.27. The van der Waals surface area contributed by atoms with E-state index in [1.165, 1.54) is 24.0 Å². The number of benzene rings is 3. The number of rotatable bonds is 6. The first-order valence-electron chi connectivity index (χ1n) is 11.5. The maximum Gasteiger partial charge on any atom is 0.251 e. The van der Waals surface area contributed by atoms with E-state index in [0.29, 0.717) is 28.1 Å². The van der Waals surface area contributed by atoms with Crippen LogP contribution in [0.4, 0.5) is 0 Å². The number of imidazole rings is 1. The van der Waals surface area contributed by atoms with Crippen LogP contribution in [0.1, 0.15) is 45.8 Å². The van der Waals surface area contributed by atoms with Gasteiger partial charge < -0.3 is 10.3 Å². The van der Waals surface area contributed by atoms with Gasteiger partial charge in [0.2, 0.25) is 0 Å². The van der Waals surface area contributed by atoms with Crippen LogP contribution in [-0.4, -0.2) is 33.9 Å². The van der Waals surface area contributed by atoms with E-state index in [9.17, 15) is 4.79 Å². The number of aromatic nitrogens is 2. The summed E-state index contributed by atoms with van der Waals surface area (Å²) in [6.07, 6.45) is 4.07. The van der Waals surface area contributed by atoms with E-state index < -0.39 is 0 Å². The zero-order chi connectivity index (χ0) is 23.5. The Hall–Kier alpha value is -2.86. The molecular formula is C27H26Cl2N4O. The van der Waals surface area contributed by atoms with Gasteiger partial charge in [0.05, 0.1) is 27.4 Å². The quantitative estimate of drug-likeness (QED) is 0.337. The minimum Gasteiger partial charge on any atom is -0.348 e. The molecule has 1 atom stereocenters. The fraction of sp³-hybridized carbons (Fsp3) is 0.259. The number of nitrogens with zero attached hydrogens (tertiary/aromatic N) is 2. The van der Waals surface area contributed by atoms with Gasteiger partial charge in [-0.05, 0) is 78.4 Å². The molecule has 3 aromatic carbocycles. The number of amides is 1. The van der Waals surface area contributed by atoms with Crippen molar-refractivity contribution in [3.05, 3.63) is 99.3 Å². The fourth-order valence-corrected chi connectivity index (χ4v) is 4.97. The Labute approximate surface area is 209 Å². The van der Waals surface area contributed by atoms with Crippen LogP contribution in [0.15, 0.2) is 67.0 Å². The molecule has 0 radical (unpaired) electrons. The summed E-state index contributed by atoms with van der Waals surface area (Å²) in [6.45, 7) is 3.46. The Kier molecular flexibility index (Phi) is 6.86. The van der Waals surface area contributed by atoms with E-state index in [-0.39, 0.29) is 5.91 Å². The average molecular weight is 493 g/mol. The summed E-state index contributed by atoms with van der Waals surface area (Å²) in [5, 5.41) is 3.94. The van der Waals surface area contributed by atoms with Crippen molar-refractivity contribution in [1.29, 1.82) is 0 Å². The number of hydrogen-bond donors (Lipinski definition) is 2. The second-order valence-corrected chi connectivity index (χ2v) is 9.70. The van der Waals surface area contributed by atoms with E-state index in [4.69, 9.17) is 23.2 Å². The predicted molar refractivity (Wildman–Crippen MR) is 137 cm³/mol. The van der Waals surface area contributed by atoms with E-state index in [2.05, 4.69) is 50.5 Å². The van der Waals surface area contributed by atoms with Gasteiger partial charge in [-0.2, -0.15) is 0 Å². The summed E-state index contributed by atoms with van der Waals surface area (Å²) in [7, 11) is 0. The Balaban J connectivity index is 1.18. The molecule has 34 heavy (non-hydrogen) atoms. The third-order valence-corrected chi connectivity index (χ3v) is 7.22. The smallest absolute Gasteiger partial charge is 0.251 e. The molecule has 7 heteroatoms. The van der Waals surface area contributed by atoms with Crippen molar-refractivity contribution in [3.8, 4) is 0 Å². The van der Waals surface area contributed by atoms with Gasteiger partial charge in [-0.3, -0.25) is 9.69 Å². The van der Waals surface area contributed by atoms with E-state index in [1.54, 1.807) is 18.5 Å². The lowest BCUT2D eigenvalue weighted by Crippen LogP contribution is -2.33. The molecule has 5 nitrogen and oxygen atoms in total. The van der Waals surface area contributed by atoms with Crippen LogP contribution in [0.2, 0.25) is 10.0 Å². The molecule has 5 rings (SSSR count). The molecule has 1 amide bonds. The third-order valence-electron chi connectivity index (χ3n) is 6.48. The summed E-state index contributed by atoms with van der Waals surface area (Å²) in [5.74, 6) is 0.370. The van der Waals surface area contributed by atoms with Crippen molar-refractivity contribution in [2.24, 2.45) is 0 Å². The molecular weight excluding hydrogens is 467 g/mol. The molecule has 1 saturated heterocycles. The second kappa shape index (κ2) is 10.2. The molecule has 1 aliphatic heterocycles.